The van der Waals surface area contributed by atoms with Crippen molar-refractivity contribution < 1.29 is 75.2 Å². The molecule has 20 nitrogen and oxygen atoms in total. The van der Waals surface area contributed by atoms with Crippen LogP contribution < -0.4 is 10.5 Å². The molecule has 16 fully saturated rings. The van der Waals surface area contributed by atoms with Crippen LogP contribution in [0, 0.1) is 101 Å². The first-order chi connectivity index (χ1) is 45.9. The van der Waals surface area contributed by atoms with E-state index in [-0.39, 0.29) is 92.8 Å². The Bertz CT molecular complexity index is 3230. The van der Waals surface area contributed by atoms with Gasteiger partial charge in [-0.3, -0.25) is 9.80 Å². The van der Waals surface area contributed by atoms with E-state index in [4.69, 9.17) is 43.6 Å². The molecule has 10 saturated carbocycles. The largest absolute Gasteiger partial charge is 0.390 e. The predicted molar refractivity (Wildman–Crippen MR) is 377 cm³/mol. The van der Waals surface area contributed by atoms with E-state index < -0.39 is 60.7 Å². The molecule has 0 radical (unpaired) electrons. The Balaban J connectivity index is 0.000000159. The van der Waals surface area contributed by atoms with Crippen LogP contribution in [0.15, 0.2) is 0 Å². The standard InChI is InChI=1S/C38H64N2O8S.C37H62N2O6.CH3ClO2S/c1-22-17-24(31(34(4,5)42)39-49(8,43)44)47-30-29(22)35(6)13-14-38-21-37(38)12-11-27(48-28-18-40(15-16-46-28)23-19-45-20-23)33(2,3)25(37)9-10-26(38)36(35,7)32(30)41;1-21-16-23(30(38)33(4,5)41)44-29-28(21)34(6)12-13-37-20-36(37)11-10-26(45-27-17-39(14-15-43-27)22-18-42-19-22)32(2,3)24(36)8-9-25(37)35(34,7)31(29)40;1-5(2,3)4/h22-32,39,41-42H,9-21H2,1-8H3;21-31,40-41H,8-20,38H2,1-7H3;1H3/t22-,24-,25+,26+,27?,28+,29+,30+,31+,32+,35-,36-,37-,38+;21-,23-,24+,25+,26?,27+,28+,29+,30+,31+,34-,35-,36-,37+;/m11./s1. The van der Waals surface area contributed by atoms with E-state index >= 15 is 0 Å². The summed E-state index contributed by atoms with van der Waals surface area (Å²) < 4.78 is 97.1. The molecule has 0 aromatic carbocycles. The number of halogens is 1. The number of ether oxygens (including phenoxy) is 8. The highest BCUT2D eigenvalue weighted by Crippen LogP contribution is 2.91. The molecule has 4 spiro atoms. The van der Waals surface area contributed by atoms with Gasteiger partial charge >= 0.3 is 0 Å². The Morgan fingerprint density at radius 2 is 0.939 bits per heavy atom. The molecule has 10 aliphatic carbocycles. The zero-order valence-electron chi connectivity index (χ0n) is 62.9. The van der Waals surface area contributed by atoms with Crippen molar-refractivity contribution in [1.82, 2.24) is 14.5 Å². The van der Waals surface area contributed by atoms with E-state index in [0.29, 0.717) is 76.9 Å². The molecule has 23 heteroatoms. The number of hydrogen-bond acceptors (Lipinski definition) is 19. The topological polar surface area (TPSA) is 268 Å². The van der Waals surface area contributed by atoms with E-state index in [2.05, 4.69) is 94.4 Å². The summed E-state index contributed by atoms with van der Waals surface area (Å²) >= 11 is 0. The quantitative estimate of drug-likeness (QED) is 0.100. The molecule has 568 valence electrons. The molecule has 0 amide bonds. The van der Waals surface area contributed by atoms with Crippen molar-refractivity contribution in [2.75, 3.05) is 78.3 Å². The van der Waals surface area contributed by atoms with Crippen LogP contribution in [0.3, 0.4) is 0 Å². The van der Waals surface area contributed by atoms with Gasteiger partial charge in [0.15, 0.2) is 12.6 Å². The van der Waals surface area contributed by atoms with Crippen molar-refractivity contribution in [1.29, 1.82) is 0 Å². The highest BCUT2D eigenvalue weighted by atomic mass is 35.7. The maximum Gasteiger partial charge on any atom is 0.229 e. The number of hydrogen-bond donors (Lipinski definition) is 6. The van der Waals surface area contributed by atoms with Crippen LogP contribution in [0.1, 0.15) is 200 Å². The molecule has 28 atom stereocenters. The normalized spacial score (nSPS) is 51.2. The highest BCUT2D eigenvalue weighted by Gasteiger charge is 2.87. The molecule has 2 unspecified atom stereocenters. The van der Waals surface area contributed by atoms with Crippen molar-refractivity contribution in [3.05, 3.63) is 0 Å². The van der Waals surface area contributed by atoms with Crippen LogP contribution in [-0.2, 0) is 57.0 Å². The fraction of sp³-hybridized carbons (Fsp3) is 1.00. The number of nitrogens with two attached hydrogens (primary N) is 1. The summed E-state index contributed by atoms with van der Waals surface area (Å²) in [6, 6.07) is -0.254. The van der Waals surface area contributed by atoms with Crippen LogP contribution in [0.2, 0.25) is 0 Å². The van der Waals surface area contributed by atoms with Crippen molar-refractivity contribution >= 4 is 29.8 Å². The summed E-state index contributed by atoms with van der Waals surface area (Å²) in [5.41, 5.74) is 4.98. The Labute approximate surface area is 598 Å². The maximum atomic E-state index is 12.6. The van der Waals surface area contributed by atoms with Gasteiger partial charge in [0, 0.05) is 34.6 Å². The number of morpholine rings is 2. The van der Waals surface area contributed by atoms with E-state index in [0.717, 1.165) is 110 Å². The molecule has 6 heterocycles. The van der Waals surface area contributed by atoms with Gasteiger partial charge in [0.25, 0.3) is 0 Å². The Morgan fingerprint density at radius 1 is 0.566 bits per heavy atom. The highest BCUT2D eigenvalue weighted by molar-refractivity contribution is 8.13. The average molecular weight is 1450 g/mol. The third kappa shape index (κ3) is 11.6. The molecule has 0 aromatic rings. The summed E-state index contributed by atoms with van der Waals surface area (Å²) in [6.07, 6.45) is 17.6. The summed E-state index contributed by atoms with van der Waals surface area (Å²) in [7, 11) is -2.28. The van der Waals surface area contributed by atoms with Gasteiger partial charge in [-0.2, -0.15) is 0 Å². The fourth-order valence-corrected chi connectivity index (χ4v) is 29.2. The Morgan fingerprint density at radius 3 is 1.30 bits per heavy atom. The zero-order valence-corrected chi connectivity index (χ0v) is 65.3. The molecule has 6 saturated heterocycles. The van der Waals surface area contributed by atoms with E-state index in [1.54, 1.807) is 27.7 Å². The number of nitrogens with one attached hydrogen (secondary N) is 1. The number of fused-ring (bicyclic) bond motifs is 8. The Kier molecular flexibility index (Phi) is 19.1. The Hall–Kier alpha value is -0.450. The third-order valence-electron chi connectivity index (χ3n) is 33.3. The second kappa shape index (κ2) is 25.0. The van der Waals surface area contributed by atoms with Crippen LogP contribution in [0.4, 0.5) is 0 Å². The van der Waals surface area contributed by atoms with Crippen molar-refractivity contribution in [3.8, 4) is 0 Å². The van der Waals surface area contributed by atoms with Crippen LogP contribution in [0.5, 0.6) is 0 Å². The molecule has 7 N–H and O–H groups in total. The smallest absolute Gasteiger partial charge is 0.229 e. The molecule has 0 bridgehead atoms. The lowest BCUT2D eigenvalue weighted by molar-refractivity contribution is -0.256. The molecule has 99 heavy (non-hydrogen) atoms. The van der Waals surface area contributed by atoms with E-state index in [9.17, 15) is 37.3 Å². The van der Waals surface area contributed by atoms with Crippen molar-refractivity contribution in [3.63, 3.8) is 0 Å². The number of nitrogens with zero attached hydrogens (tertiary/aromatic N) is 2. The van der Waals surface area contributed by atoms with E-state index in [1.165, 1.54) is 57.8 Å². The van der Waals surface area contributed by atoms with E-state index in [1.807, 2.05) is 0 Å². The van der Waals surface area contributed by atoms with Crippen molar-refractivity contribution in [2.45, 2.75) is 296 Å². The lowest BCUT2D eigenvalue weighted by atomic mass is 9.41. The second-order valence-electron chi connectivity index (χ2n) is 39.2. The zero-order chi connectivity index (χ0) is 71.6. The minimum Gasteiger partial charge on any atom is -0.390 e. The lowest BCUT2D eigenvalue weighted by Gasteiger charge is -2.64. The molecule has 6 aliphatic heterocycles. The van der Waals surface area contributed by atoms with Gasteiger partial charge in [-0.05, 0) is 221 Å². The van der Waals surface area contributed by atoms with Crippen LogP contribution >= 0.6 is 10.7 Å². The maximum absolute atomic E-state index is 12.6. The van der Waals surface area contributed by atoms with Crippen LogP contribution in [-0.4, -0.2) is 222 Å². The lowest BCUT2D eigenvalue weighted by Crippen LogP contribution is -2.61. The first-order valence-electron chi connectivity index (χ1n) is 38.8. The summed E-state index contributed by atoms with van der Waals surface area (Å²) in [4.78, 5) is 4.99. The molecule has 16 rings (SSSR count). The number of aliphatic hydroxyl groups excluding tert-OH is 2. The first-order valence-corrected chi connectivity index (χ1v) is 43.4. The van der Waals surface area contributed by atoms with Gasteiger partial charge in [0.1, 0.15) is 0 Å². The average Bonchev–Trinajstić information content (AvgIpc) is 1.47. The van der Waals surface area contributed by atoms with Gasteiger partial charge < -0.3 is 64.1 Å². The minimum absolute atomic E-state index is 0.0261. The summed E-state index contributed by atoms with van der Waals surface area (Å²) in [6.45, 7) is 39.5. The molecular formula is C76H129ClN4O16S2. The number of aliphatic hydroxyl groups is 4. The first kappa shape index (κ1) is 75.4. The summed E-state index contributed by atoms with van der Waals surface area (Å²) in [5.74, 6) is 3.24. The number of rotatable bonds is 12. The number of sulfonamides is 1. The molecule has 0 aromatic heterocycles. The van der Waals surface area contributed by atoms with Gasteiger partial charge in [-0.15, -0.1) is 0 Å². The summed E-state index contributed by atoms with van der Waals surface area (Å²) in [5, 5.41) is 46.9. The monoisotopic (exact) mass is 1450 g/mol. The molecule has 16 aliphatic rings. The van der Waals surface area contributed by atoms with Gasteiger partial charge in [0.05, 0.1) is 149 Å². The van der Waals surface area contributed by atoms with Gasteiger partial charge in [0.2, 0.25) is 19.1 Å². The van der Waals surface area contributed by atoms with Gasteiger partial charge in [-0.1, -0.05) is 69.2 Å². The van der Waals surface area contributed by atoms with Crippen LogP contribution in [0.25, 0.3) is 0 Å². The van der Waals surface area contributed by atoms with Gasteiger partial charge in [-0.25, -0.2) is 21.6 Å². The third-order valence-corrected chi connectivity index (χ3v) is 33.9. The SMILES string of the molecule is CS(=O)(=O)Cl.C[C@@H]1C[C@H]([C@H](N)C(C)(C)O)O[C@H]2[C@H]1[C@@]1(C)CC[C@@]34C[C@@]35CCC(O[C@H]3CN(C6COC6)CCO3)C(C)(C)[C@@H]5CC[C@H]4[C@]1(C)[C@H]2O.C[C@@H]1C[C@H]([C@H](NS(C)(=O)=O)C(C)(C)O)O[C@H]2[C@H]1[C@@]1(C)CC[C@@]34C[C@@]35CCC(O[C@H]3CN(C6COC6)CCO3)C(C)(C)[C@@H]5CC[C@H]4[C@]1(C)[C@H]2O. The molecular weight excluding hydrogens is 1320 g/mol. The minimum atomic E-state index is -3.59. The second-order valence-corrected chi connectivity index (χ2v) is 44.0. The predicted octanol–water partition coefficient (Wildman–Crippen LogP) is 8.46. The van der Waals surface area contributed by atoms with Crippen molar-refractivity contribution in [2.24, 2.45) is 107 Å². The fourth-order valence-electron chi connectivity index (χ4n) is 28.3.